The van der Waals surface area contributed by atoms with Crippen LogP contribution in [0.2, 0.25) is 0 Å². The second kappa shape index (κ2) is 5.11. The van der Waals surface area contributed by atoms with E-state index in [1.807, 2.05) is 11.3 Å². The van der Waals surface area contributed by atoms with Crippen molar-refractivity contribution in [1.82, 2.24) is 5.32 Å². The van der Waals surface area contributed by atoms with Gasteiger partial charge in [-0.1, -0.05) is 48.5 Å². The van der Waals surface area contributed by atoms with E-state index in [-0.39, 0.29) is 10.8 Å². The van der Waals surface area contributed by atoms with Crippen molar-refractivity contribution in [2.75, 3.05) is 6.54 Å². The van der Waals surface area contributed by atoms with E-state index in [1.54, 1.807) is 0 Å². The van der Waals surface area contributed by atoms with Crippen molar-refractivity contribution in [2.24, 2.45) is 5.41 Å². The van der Waals surface area contributed by atoms with Crippen LogP contribution in [0.3, 0.4) is 0 Å². The lowest BCUT2D eigenvalue weighted by molar-refractivity contribution is 0.281. The zero-order valence-corrected chi connectivity index (χ0v) is 13.2. The van der Waals surface area contributed by atoms with Crippen LogP contribution in [-0.2, 0) is 5.41 Å². The topological polar surface area (TPSA) is 12.0 Å². The predicted molar refractivity (Wildman–Crippen MR) is 78.9 cm³/mol. The van der Waals surface area contributed by atoms with Gasteiger partial charge in [-0.15, -0.1) is 11.3 Å². The monoisotopic (exact) mass is 253 g/mol. The minimum Gasteiger partial charge on any atom is -0.309 e. The molecule has 1 unspecified atom stereocenters. The Labute approximate surface area is 111 Å². The maximum Gasteiger partial charge on any atom is 0.0464 e. The number of thiophene rings is 1. The van der Waals surface area contributed by atoms with Gasteiger partial charge in [-0.25, -0.2) is 0 Å². The maximum atomic E-state index is 3.61. The van der Waals surface area contributed by atoms with Gasteiger partial charge in [-0.05, 0) is 29.5 Å². The molecule has 1 nitrogen and oxygen atoms in total. The second-order valence-corrected chi connectivity index (χ2v) is 7.92. The molecule has 2 heteroatoms. The molecule has 0 aliphatic rings. The van der Waals surface area contributed by atoms with Gasteiger partial charge in [0.15, 0.2) is 0 Å². The summed E-state index contributed by atoms with van der Waals surface area (Å²) in [5, 5.41) is 3.61. The molecule has 0 aliphatic heterocycles. The number of nitrogens with one attached hydrogen (secondary N) is 1. The lowest BCUT2D eigenvalue weighted by Gasteiger charge is -2.30. The third-order valence-corrected chi connectivity index (χ3v) is 4.50. The minimum atomic E-state index is 0.260. The van der Waals surface area contributed by atoms with Crippen LogP contribution in [0.25, 0.3) is 0 Å². The molecule has 0 bridgehead atoms. The summed E-state index contributed by atoms with van der Waals surface area (Å²) in [6.07, 6.45) is 0. The molecule has 0 amide bonds. The highest BCUT2D eigenvalue weighted by molar-refractivity contribution is 7.12. The van der Waals surface area contributed by atoms with Gasteiger partial charge in [-0.2, -0.15) is 0 Å². The molecular weight excluding hydrogens is 226 g/mol. The molecule has 0 saturated carbocycles. The zero-order chi connectivity index (χ0) is 13.3. The van der Waals surface area contributed by atoms with Crippen LogP contribution < -0.4 is 5.32 Å². The summed E-state index contributed by atoms with van der Waals surface area (Å²) in [6, 6.07) is 5.04. The number of hydrogen-bond acceptors (Lipinski definition) is 2. The molecule has 0 radical (unpaired) electrons. The Balaban J connectivity index is 3.01. The van der Waals surface area contributed by atoms with Crippen LogP contribution in [-0.4, -0.2) is 6.54 Å². The minimum absolute atomic E-state index is 0.260. The summed E-state index contributed by atoms with van der Waals surface area (Å²) in [5.74, 6) is 0. The summed E-state index contributed by atoms with van der Waals surface area (Å²) in [6.45, 7) is 16.9. The van der Waals surface area contributed by atoms with Crippen molar-refractivity contribution in [2.45, 2.75) is 59.9 Å². The Kier molecular flexibility index (Phi) is 4.43. The molecule has 17 heavy (non-hydrogen) atoms. The third-order valence-electron chi connectivity index (χ3n) is 2.92. The average molecular weight is 253 g/mol. The average Bonchev–Trinajstić information content (AvgIpc) is 2.59. The number of rotatable bonds is 3. The first-order valence-corrected chi connectivity index (χ1v) is 7.31. The van der Waals surface area contributed by atoms with Crippen molar-refractivity contribution in [1.29, 1.82) is 0 Å². The quantitative estimate of drug-likeness (QED) is 0.820. The first-order chi connectivity index (χ1) is 7.66. The highest BCUT2D eigenvalue weighted by Crippen LogP contribution is 2.39. The lowest BCUT2D eigenvalue weighted by atomic mass is 9.85. The molecule has 0 spiro atoms. The Hall–Kier alpha value is -0.340. The van der Waals surface area contributed by atoms with E-state index in [9.17, 15) is 0 Å². The van der Waals surface area contributed by atoms with Gasteiger partial charge >= 0.3 is 0 Å². The van der Waals surface area contributed by atoms with Crippen molar-refractivity contribution in [3.63, 3.8) is 0 Å². The number of hydrogen-bond donors (Lipinski definition) is 1. The van der Waals surface area contributed by atoms with E-state index in [0.29, 0.717) is 6.04 Å². The smallest absolute Gasteiger partial charge is 0.0464 e. The standard InChI is InChI=1S/C15H27NS/c1-8-16-13(15(5,6)7)11-9-10-12(17-11)14(2,3)4/h9-10,13,16H,8H2,1-7H3. The van der Waals surface area contributed by atoms with Crippen LogP contribution in [0.5, 0.6) is 0 Å². The maximum absolute atomic E-state index is 3.61. The summed E-state index contributed by atoms with van der Waals surface area (Å²) in [7, 11) is 0. The van der Waals surface area contributed by atoms with Crippen LogP contribution in [0.4, 0.5) is 0 Å². The van der Waals surface area contributed by atoms with E-state index in [4.69, 9.17) is 0 Å². The van der Waals surface area contributed by atoms with E-state index >= 15 is 0 Å². The van der Waals surface area contributed by atoms with Crippen molar-refractivity contribution in [3.05, 3.63) is 21.9 Å². The lowest BCUT2D eigenvalue weighted by Crippen LogP contribution is -2.31. The summed E-state index contributed by atoms with van der Waals surface area (Å²) in [5.41, 5.74) is 0.521. The fraction of sp³-hybridized carbons (Fsp3) is 0.733. The molecule has 0 fully saturated rings. The molecular formula is C15H27NS. The summed E-state index contributed by atoms with van der Waals surface area (Å²) < 4.78 is 0. The van der Waals surface area contributed by atoms with Crippen LogP contribution >= 0.6 is 11.3 Å². The van der Waals surface area contributed by atoms with Gasteiger partial charge < -0.3 is 5.32 Å². The van der Waals surface area contributed by atoms with Crippen molar-refractivity contribution >= 4 is 11.3 Å². The zero-order valence-electron chi connectivity index (χ0n) is 12.3. The van der Waals surface area contributed by atoms with Gasteiger partial charge in [0, 0.05) is 15.8 Å². The summed E-state index contributed by atoms with van der Waals surface area (Å²) in [4.78, 5) is 2.93. The van der Waals surface area contributed by atoms with Crippen LogP contribution in [0, 0.1) is 5.41 Å². The highest BCUT2D eigenvalue weighted by atomic mass is 32.1. The third kappa shape index (κ3) is 3.82. The van der Waals surface area contributed by atoms with Gasteiger partial charge in [0.25, 0.3) is 0 Å². The fourth-order valence-electron chi connectivity index (χ4n) is 1.95. The van der Waals surface area contributed by atoms with Gasteiger partial charge in [-0.3, -0.25) is 0 Å². The largest absolute Gasteiger partial charge is 0.309 e. The molecule has 1 aromatic rings. The second-order valence-electron chi connectivity index (χ2n) is 6.81. The van der Waals surface area contributed by atoms with Gasteiger partial charge in [0.2, 0.25) is 0 Å². The Morgan fingerprint density at radius 2 is 1.71 bits per heavy atom. The van der Waals surface area contributed by atoms with Crippen molar-refractivity contribution in [3.8, 4) is 0 Å². The van der Waals surface area contributed by atoms with E-state index in [1.165, 1.54) is 9.75 Å². The Morgan fingerprint density at radius 3 is 2.06 bits per heavy atom. The van der Waals surface area contributed by atoms with Crippen LogP contribution in [0.1, 0.15) is 64.3 Å². The Morgan fingerprint density at radius 1 is 1.12 bits per heavy atom. The molecule has 1 atom stereocenters. The molecule has 1 aromatic heterocycles. The SMILES string of the molecule is CCNC(c1ccc(C(C)(C)C)s1)C(C)(C)C. The normalized spacial score (nSPS) is 15.0. The highest BCUT2D eigenvalue weighted by Gasteiger charge is 2.28. The molecule has 0 aliphatic carbocycles. The fourth-order valence-corrected chi connectivity index (χ4v) is 3.34. The molecule has 0 saturated heterocycles. The molecule has 0 aromatic carbocycles. The molecule has 1 heterocycles. The first kappa shape index (κ1) is 14.7. The molecule has 1 rings (SSSR count). The first-order valence-electron chi connectivity index (χ1n) is 6.50. The molecule has 98 valence electrons. The Bertz CT molecular complexity index is 352. The predicted octanol–water partition coefficient (Wildman–Crippen LogP) is 4.74. The van der Waals surface area contributed by atoms with E-state index < -0.39 is 0 Å². The van der Waals surface area contributed by atoms with Gasteiger partial charge in [0.1, 0.15) is 0 Å². The van der Waals surface area contributed by atoms with Crippen molar-refractivity contribution < 1.29 is 0 Å². The summed E-state index contributed by atoms with van der Waals surface area (Å²) >= 11 is 1.95. The molecule has 1 N–H and O–H groups in total. The van der Waals surface area contributed by atoms with E-state index in [0.717, 1.165) is 6.54 Å². The van der Waals surface area contributed by atoms with Gasteiger partial charge in [0.05, 0.1) is 0 Å². The van der Waals surface area contributed by atoms with E-state index in [2.05, 4.69) is 65.9 Å². The van der Waals surface area contributed by atoms with Crippen LogP contribution in [0.15, 0.2) is 12.1 Å².